The molecule has 0 aliphatic rings. The number of nitrogens with one attached hydrogen (secondary N) is 1. The van der Waals surface area contributed by atoms with Gasteiger partial charge >= 0.3 is 0 Å². The number of nitrogens with two attached hydrogens (primary N) is 1. The van der Waals surface area contributed by atoms with E-state index in [4.69, 9.17) is 5.73 Å². The van der Waals surface area contributed by atoms with Gasteiger partial charge in [-0.05, 0) is 23.9 Å². The minimum Gasteiger partial charge on any atom is -0.368 e. The molecule has 0 aromatic carbocycles. The van der Waals surface area contributed by atoms with E-state index in [-0.39, 0.29) is 0 Å². The molecule has 0 aliphatic heterocycles. The highest BCUT2D eigenvalue weighted by Gasteiger charge is 2.02. The summed E-state index contributed by atoms with van der Waals surface area (Å²) in [5, 5.41) is 9.40. The van der Waals surface area contributed by atoms with Crippen molar-refractivity contribution in [1.82, 2.24) is 15.2 Å². The Labute approximate surface area is 89.9 Å². The van der Waals surface area contributed by atoms with E-state index >= 15 is 0 Å². The minimum absolute atomic E-state index is 0.369. The van der Waals surface area contributed by atoms with Crippen molar-refractivity contribution < 1.29 is 0 Å². The first kappa shape index (κ1) is 9.54. The van der Waals surface area contributed by atoms with Crippen molar-refractivity contribution in [1.29, 1.82) is 0 Å². The number of anilines is 1. The number of hydrogen-bond acceptors (Lipinski definition) is 5. The highest BCUT2D eigenvalue weighted by molar-refractivity contribution is 7.98. The molecule has 0 spiro atoms. The molecule has 0 bridgehead atoms. The number of hydrogen-bond donors (Lipinski definition) is 2. The van der Waals surface area contributed by atoms with Gasteiger partial charge in [-0.3, -0.25) is 0 Å². The van der Waals surface area contributed by atoms with Gasteiger partial charge in [0.2, 0.25) is 11.1 Å². The predicted molar refractivity (Wildman–Crippen MR) is 59.4 cm³/mol. The van der Waals surface area contributed by atoms with E-state index in [1.165, 1.54) is 10.4 Å². The third-order valence-electron chi connectivity index (χ3n) is 1.63. The lowest BCUT2D eigenvalue weighted by atomic mass is 10.3. The van der Waals surface area contributed by atoms with E-state index in [1.54, 1.807) is 23.1 Å². The van der Waals surface area contributed by atoms with Crippen molar-refractivity contribution in [2.24, 2.45) is 0 Å². The molecular weight excluding hydrogens is 216 g/mol. The molecule has 2 aromatic heterocycles. The van der Waals surface area contributed by atoms with E-state index in [0.717, 1.165) is 5.75 Å². The van der Waals surface area contributed by atoms with Gasteiger partial charge in [-0.25, -0.2) is 5.10 Å². The predicted octanol–water partition coefficient (Wildman–Crippen LogP) is 2.05. The van der Waals surface area contributed by atoms with E-state index < -0.39 is 0 Å². The summed E-state index contributed by atoms with van der Waals surface area (Å²) < 4.78 is 0. The Morgan fingerprint density at radius 1 is 1.64 bits per heavy atom. The minimum atomic E-state index is 0.369. The van der Waals surface area contributed by atoms with Gasteiger partial charge in [0.25, 0.3) is 0 Å². The molecule has 14 heavy (non-hydrogen) atoms. The Morgan fingerprint density at radius 2 is 2.50 bits per heavy atom. The van der Waals surface area contributed by atoms with Crippen LogP contribution in [0.5, 0.6) is 0 Å². The van der Waals surface area contributed by atoms with Crippen LogP contribution in [0.3, 0.4) is 0 Å². The van der Waals surface area contributed by atoms with Crippen molar-refractivity contribution in [3.8, 4) is 0 Å². The fourth-order valence-corrected chi connectivity index (χ4v) is 2.59. The van der Waals surface area contributed by atoms with Crippen LogP contribution < -0.4 is 5.73 Å². The second-order valence-corrected chi connectivity index (χ2v) is 4.92. The van der Waals surface area contributed by atoms with Crippen molar-refractivity contribution in [2.45, 2.75) is 17.8 Å². The second kappa shape index (κ2) is 4.02. The number of aryl methyl sites for hydroxylation is 1. The lowest BCUT2D eigenvalue weighted by Gasteiger charge is -1.91. The van der Waals surface area contributed by atoms with Crippen molar-refractivity contribution in [2.75, 3.05) is 5.73 Å². The monoisotopic (exact) mass is 226 g/mol. The van der Waals surface area contributed by atoms with Gasteiger partial charge in [0.05, 0.1) is 0 Å². The standard InChI is InChI=1S/C8H10N4S2/c1-5-2-6(3-13-5)4-14-8-10-7(9)11-12-8/h2-3H,4H2,1H3,(H3,9,10,11,12). The zero-order valence-electron chi connectivity index (χ0n) is 7.65. The molecule has 0 unspecified atom stereocenters. The molecule has 0 radical (unpaired) electrons. The molecule has 3 N–H and O–H groups in total. The molecule has 0 saturated heterocycles. The van der Waals surface area contributed by atoms with Crippen LogP contribution in [0.4, 0.5) is 5.95 Å². The summed E-state index contributed by atoms with van der Waals surface area (Å²) in [4.78, 5) is 5.34. The van der Waals surface area contributed by atoms with Crippen molar-refractivity contribution >= 4 is 29.0 Å². The quantitative estimate of drug-likeness (QED) is 0.786. The number of nitrogen functional groups attached to an aromatic ring is 1. The van der Waals surface area contributed by atoms with Gasteiger partial charge in [-0.2, -0.15) is 4.98 Å². The maximum Gasteiger partial charge on any atom is 0.216 e. The van der Waals surface area contributed by atoms with E-state index in [0.29, 0.717) is 11.1 Å². The van der Waals surface area contributed by atoms with Crippen LogP contribution in [-0.2, 0) is 5.75 Å². The topological polar surface area (TPSA) is 67.6 Å². The molecule has 4 nitrogen and oxygen atoms in total. The molecule has 6 heteroatoms. The zero-order chi connectivity index (χ0) is 9.97. The Morgan fingerprint density at radius 3 is 3.07 bits per heavy atom. The van der Waals surface area contributed by atoms with Crippen LogP contribution in [0.1, 0.15) is 10.4 Å². The Hall–Kier alpha value is -1.01. The molecule has 0 fully saturated rings. The maximum absolute atomic E-state index is 5.41. The first-order valence-corrected chi connectivity index (χ1v) is 5.95. The highest BCUT2D eigenvalue weighted by Crippen LogP contribution is 2.22. The molecule has 0 saturated carbocycles. The van der Waals surface area contributed by atoms with Gasteiger partial charge in [0, 0.05) is 10.6 Å². The largest absolute Gasteiger partial charge is 0.368 e. The second-order valence-electron chi connectivity index (χ2n) is 2.86. The number of thioether (sulfide) groups is 1. The Bertz CT molecular complexity index is 380. The van der Waals surface area contributed by atoms with Gasteiger partial charge in [-0.1, -0.05) is 11.8 Å². The van der Waals surface area contributed by atoms with Crippen molar-refractivity contribution in [3.05, 3.63) is 21.9 Å². The Kier molecular flexibility index (Phi) is 2.74. The number of nitrogens with zero attached hydrogens (tertiary/aromatic N) is 2. The lowest BCUT2D eigenvalue weighted by Crippen LogP contribution is -1.85. The van der Waals surface area contributed by atoms with Crippen LogP contribution in [0.15, 0.2) is 16.6 Å². The number of aromatic amines is 1. The van der Waals surface area contributed by atoms with Crippen LogP contribution in [0, 0.1) is 6.92 Å². The molecule has 0 atom stereocenters. The first-order chi connectivity index (χ1) is 6.74. The summed E-state index contributed by atoms with van der Waals surface area (Å²) in [6.07, 6.45) is 0. The van der Waals surface area contributed by atoms with Crippen LogP contribution in [0.25, 0.3) is 0 Å². The highest BCUT2D eigenvalue weighted by atomic mass is 32.2. The van der Waals surface area contributed by atoms with Crippen molar-refractivity contribution in [3.63, 3.8) is 0 Å². The fourth-order valence-electron chi connectivity index (χ4n) is 1.04. The normalized spacial score (nSPS) is 10.6. The summed E-state index contributed by atoms with van der Waals surface area (Å²) in [7, 11) is 0. The molecule has 74 valence electrons. The fraction of sp³-hybridized carbons (Fsp3) is 0.250. The third kappa shape index (κ3) is 2.27. The van der Waals surface area contributed by atoms with Crippen LogP contribution >= 0.6 is 23.1 Å². The SMILES string of the molecule is Cc1cc(CSc2n[nH]c(N)n2)cs1. The molecule has 0 amide bonds. The van der Waals surface area contributed by atoms with E-state index in [2.05, 4.69) is 33.6 Å². The van der Waals surface area contributed by atoms with Gasteiger partial charge in [-0.15, -0.1) is 16.4 Å². The Balaban J connectivity index is 1.94. The molecule has 0 aliphatic carbocycles. The van der Waals surface area contributed by atoms with Crippen LogP contribution in [0.2, 0.25) is 0 Å². The van der Waals surface area contributed by atoms with Gasteiger partial charge in [0.15, 0.2) is 0 Å². The first-order valence-electron chi connectivity index (χ1n) is 4.09. The number of H-pyrrole nitrogens is 1. The third-order valence-corrected chi connectivity index (χ3v) is 3.46. The average Bonchev–Trinajstić information content (AvgIpc) is 2.72. The molecule has 2 rings (SSSR count). The smallest absolute Gasteiger partial charge is 0.216 e. The number of rotatable bonds is 3. The van der Waals surface area contributed by atoms with E-state index in [1.807, 2.05) is 0 Å². The average molecular weight is 226 g/mol. The number of aromatic nitrogens is 3. The van der Waals surface area contributed by atoms with E-state index in [9.17, 15) is 0 Å². The summed E-state index contributed by atoms with van der Waals surface area (Å²) >= 11 is 3.34. The summed E-state index contributed by atoms with van der Waals surface area (Å²) in [6, 6.07) is 2.17. The molecule has 2 aromatic rings. The summed E-state index contributed by atoms with van der Waals surface area (Å²) in [6.45, 7) is 2.10. The van der Waals surface area contributed by atoms with Gasteiger partial charge in [0.1, 0.15) is 0 Å². The van der Waals surface area contributed by atoms with Crippen LogP contribution in [-0.4, -0.2) is 15.2 Å². The zero-order valence-corrected chi connectivity index (χ0v) is 9.28. The molecular formula is C8H10N4S2. The maximum atomic E-state index is 5.41. The lowest BCUT2D eigenvalue weighted by molar-refractivity contribution is 0.973. The summed E-state index contributed by atoms with van der Waals surface area (Å²) in [5.41, 5.74) is 6.72. The number of thiophene rings is 1. The summed E-state index contributed by atoms with van der Waals surface area (Å²) in [5.74, 6) is 1.26. The van der Waals surface area contributed by atoms with Gasteiger partial charge < -0.3 is 5.73 Å². The molecule has 2 heterocycles.